The molecule has 98 valence electrons. The molecule has 5 heteroatoms. The van der Waals surface area contributed by atoms with Crippen molar-refractivity contribution in [1.82, 2.24) is 9.97 Å². The van der Waals surface area contributed by atoms with Gasteiger partial charge >= 0.3 is 0 Å². The van der Waals surface area contributed by atoms with E-state index in [0.29, 0.717) is 0 Å². The van der Waals surface area contributed by atoms with Gasteiger partial charge < -0.3 is 4.90 Å². The maximum atomic E-state index is 4.27. The van der Waals surface area contributed by atoms with E-state index in [0.717, 1.165) is 9.63 Å². The second kappa shape index (κ2) is 5.92. The van der Waals surface area contributed by atoms with E-state index in [1.807, 2.05) is 0 Å². The molecule has 1 saturated heterocycles. The van der Waals surface area contributed by atoms with Crippen LogP contribution in [0.25, 0.3) is 0 Å². The topological polar surface area (TPSA) is 29.0 Å². The Morgan fingerprint density at radius 3 is 2.26 bits per heavy atom. The molecule has 3 rings (SSSR count). The molecule has 1 aliphatic rings. The highest BCUT2D eigenvalue weighted by Gasteiger charge is 2.11. The van der Waals surface area contributed by atoms with E-state index >= 15 is 0 Å². The number of rotatable bonds is 3. The molecule has 0 aliphatic carbocycles. The van der Waals surface area contributed by atoms with Crippen LogP contribution in [0.5, 0.6) is 0 Å². The monoisotopic (exact) mass is 335 g/mol. The summed E-state index contributed by atoms with van der Waals surface area (Å²) in [4.78, 5) is 12.1. The second-order valence-corrected chi connectivity index (χ2v) is 6.43. The highest BCUT2D eigenvalue weighted by atomic mass is 79.9. The molecular weight excluding hydrogens is 322 g/mol. The average molecular weight is 336 g/mol. The van der Waals surface area contributed by atoms with Gasteiger partial charge in [-0.3, -0.25) is 0 Å². The zero-order valence-electron chi connectivity index (χ0n) is 10.4. The van der Waals surface area contributed by atoms with Gasteiger partial charge in [0, 0.05) is 36.1 Å². The molecule has 0 radical (unpaired) electrons. The van der Waals surface area contributed by atoms with Gasteiger partial charge in [-0.05, 0) is 64.8 Å². The third-order valence-corrected chi connectivity index (χ3v) is 4.42. The van der Waals surface area contributed by atoms with Crippen molar-refractivity contribution < 1.29 is 0 Å². The maximum absolute atomic E-state index is 4.27. The molecule has 2 aromatic rings. The van der Waals surface area contributed by atoms with Gasteiger partial charge in [-0.2, -0.15) is 0 Å². The summed E-state index contributed by atoms with van der Waals surface area (Å²) in [6, 6.07) is 8.66. The third-order valence-electron chi connectivity index (χ3n) is 3.11. The minimum Gasteiger partial charge on any atom is -0.372 e. The fourth-order valence-corrected chi connectivity index (χ4v) is 3.06. The number of halogens is 1. The SMILES string of the molecule is Brc1cnc(Sc2ccc(N3CCCC3)cc2)nc1. The maximum Gasteiger partial charge on any atom is 0.192 e. The summed E-state index contributed by atoms with van der Waals surface area (Å²) in [5.74, 6) is 0. The van der Waals surface area contributed by atoms with E-state index < -0.39 is 0 Å². The van der Waals surface area contributed by atoms with E-state index in [1.165, 1.54) is 36.5 Å². The van der Waals surface area contributed by atoms with Crippen LogP contribution in [-0.2, 0) is 0 Å². The number of benzene rings is 1. The van der Waals surface area contributed by atoms with Crippen molar-refractivity contribution in [3.8, 4) is 0 Å². The smallest absolute Gasteiger partial charge is 0.192 e. The first-order valence-corrected chi connectivity index (χ1v) is 7.93. The van der Waals surface area contributed by atoms with Crippen LogP contribution in [0.2, 0.25) is 0 Å². The van der Waals surface area contributed by atoms with E-state index in [-0.39, 0.29) is 0 Å². The van der Waals surface area contributed by atoms with Gasteiger partial charge in [0.1, 0.15) is 0 Å². The Balaban J connectivity index is 1.70. The Hall–Kier alpha value is -1.07. The van der Waals surface area contributed by atoms with E-state index in [9.17, 15) is 0 Å². The van der Waals surface area contributed by atoms with Crippen LogP contribution < -0.4 is 4.90 Å². The molecule has 1 aromatic carbocycles. The summed E-state index contributed by atoms with van der Waals surface area (Å²) in [6.45, 7) is 2.37. The van der Waals surface area contributed by atoms with Crippen molar-refractivity contribution in [2.24, 2.45) is 0 Å². The van der Waals surface area contributed by atoms with Crippen LogP contribution in [-0.4, -0.2) is 23.1 Å². The van der Waals surface area contributed by atoms with Crippen LogP contribution >= 0.6 is 27.7 Å². The van der Waals surface area contributed by atoms with Crippen molar-refractivity contribution in [2.45, 2.75) is 22.9 Å². The Kier molecular flexibility index (Phi) is 4.03. The number of aromatic nitrogens is 2. The first-order chi connectivity index (χ1) is 9.31. The third kappa shape index (κ3) is 3.28. The molecule has 0 N–H and O–H groups in total. The van der Waals surface area contributed by atoms with Crippen molar-refractivity contribution >= 4 is 33.4 Å². The lowest BCUT2D eigenvalue weighted by Crippen LogP contribution is -2.17. The van der Waals surface area contributed by atoms with Gasteiger partial charge in [0.15, 0.2) is 5.16 Å². The lowest BCUT2D eigenvalue weighted by Gasteiger charge is -2.17. The van der Waals surface area contributed by atoms with E-state index in [1.54, 1.807) is 24.2 Å². The minimum absolute atomic E-state index is 0.775. The van der Waals surface area contributed by atoms with Crippen molar-refractivity contribution in [3.63, 3.8) is 0 Å². The fraction of sp³-hybridized carbons (Fsp3) is 0.286. The molecular formula is C14H14BrN3S. The predicted octanol–water partition coefficient (Wildman–Crippen LogP) is 3.99. The molecule has 0 atom stereocenters. The lowest BCUT2D eigenvalue weighted by molar-refractivity contribution is 0.949. The molecule has 0 unspecified atom stereocenters. The number of hydrogen-bond acceptors (Lipinski definition) is 4. The molecule has 1 aliphatic heterocycles. The molecule has 0 saturated carbocycles. The molecule has 2 heterocycles. The zero-order chi connectivity index (χ0) is 13.1. The lowest BCUT2D eigenvalue weighted by atomic mass is 10.3. The van der Waals surface area contributed by atoms with Gasteiger partial charge in [0.05, 0.1) is 4.47 Å². The molecule has 0 amide bonds. The number of anilines is 1. The predicted molar refractivity (Wildman–Crippen MR) is 81.7 cm³/mol. The number of hydrogen-bond donors (Lipinski definition) is 0. The van der Waals surface area contributed by atoms with Crippen LogP contribution in [0.3, 0.4) is 0 Å². The van der Waals surface area contributed by atoms with Crippen LogP contribution in [0, 0.1) is 0 Å². The first kappa shape index (κ1) is 12.9. The Morgan fingerprint density at radius 1 is 1.00 bits per heavy atom. The highest BCUT2D eigenvalue weighted by Crippen LogP contribution is 2.28. The van der Waals surface area contributed by atoms with E-state index in [4.69, 9.17) is 0 Å². The second-order valence-electron chi connectivity index (χ2n) is 4.47. The van der Waals surface area contributed by atoms with Crippen LogP contribution in [0.4, 0.5) is 5.69 Å². The average Bonchev–Trinajstić information content (AvgIpc) is 2.96. The summed E-state index contributed by atoms with van der Waals surface area (Å²) in [6.07, 6.45) is 6.16. The number of nitrogens with zero attached hydrogens (tertiary/aromatic N) is 3. The van der Waals surface area contributed by atoms with Crippen LogP contribution in [0.15, 0.2) is 51.2 Å². The molecule has 1 fully saturated rings. The van der Waals surface area contributed by atoms with Crippen molar-refractivity contribution in [3.05, 3.63) is 41.1 Å². The Morgan fingerprint density at radius 2 is 1.63 bits per heavy atom. The van der Waals surface area contributed by atoms with Gasteiger partial charge in [-0.1, -0.05) is 0 Å². The molecule has 3 nitrogen and oxygen atoms in total. The first-order valence-electron chi connectivity index (χ1n) is 6.32. The standard InChI is InChI=1S/C14H14BrN3S/c15-11-9-16-14(17-10-11)19-13-5-3-12(4-6-13)18-7-1-2-8-18/h3-6,9-10H,1-2,7-8H2. The quantitative estimate of drug-likeness (QED) is 0.793. The van der Waals surface area contributed by atoms with Gasteiger partial charge in [-0.15, -0.1) is 0 Å². The zero-order valence-corrected chi connectivity index (χ0v) is 12.8. The molecule has 0 spiro atoms. The Labute approximate surface area is 125 Å². The van der Waals surface area contributed by atoms with Crippen molar-refractivity contribution in [2.75, 3.05) is 18.0 Å². The summed E-state index contributed by atoms with van der Waals surface area (Å²) in [7, 11) is 0. The molecule has 1 aromatic heterocycles. The van der Waals surface area contributed by atoms with Gasteiger partial charge in [0.25, 0.3) is 0 Å². The normalized spacial score (nSPS) is 14.9. The van der Waals surface area contributed by atoms with E-state index in [2.05, 4.69) is 55.1 Å². The minimum atomic E-state index is 0.775. The van der Waals surface area contributed by atoms with Crippen LogP contribution in [0.1, 0.15) is 12.8 Å². The largest absolute Gasteiger partial charge is 0.372 e. The fourth-order valence-electron chi connectivity index (χ4n) is 2.16. The molecule has 19 heavy (non-hydrogen) atoms. The van der Waals surface area contributed by atoms with Gasteiger partial charge in [-0.25, -0.2) is 9.97 Å². The van der Waals surface area contributed by atoms with Crippen molar-refractivity contribution in [1.29, 1.82) is 0 Å². The Bertz CT molecular complexity index is 536. The molecule has 0 bridgehead atoms. The highest BCUT2D eigenvalue weighted by molar-refractivity contribution is 9.10. The summed E-state index contributed by atoms with van der Waals surface area (Å²) in [5, 5.41) is 0.775. The van der Waals surface area contributed by atoms with Gasteiger partial charge in [0.2, 0.25) is 0 Å². The summed E-state index contributed by atoms with van der Waals surface area (Å²) < 4.78 is 0.904. The summed E-state index contributed by atoms with van der Waals surface area (Å²) >= 11 is 4.92. The summed E-state index contributed by atoms with van der Waals surface area (Å²) in [5.41, 5.74) is 1.32.